The first-order valence-corrected chi connectivity index (χ1v) is 11.0. The number of rotatable bonds is 9. The van der Waals surface area contributed by atoms with E-state index in [0.717, 1.165) is 28.2 Å². The highest BCUT2D eigenvalue weighted by molar-refractivity contribution is 7.99. The van der Waals surface area contributed by atoms with Gasteiger partial charge in [0.15, 0.2) is 0 Å². The fourth-order valence-corrected chi connectivity index (χ4v) is 3.58. The monoisotopic (exact) mass is 438 g/mol. The van der Waals surface area contributed by atoms with Crippen molar-refractivity contribution in [3.8, 4) is 5.75 Å². The first-order valence-electron chi connectivity index (χ1n) is 9.51. The maximum atomic E-state index is 11.9. The van der Waals surface area contributed by atoms with Gasteiger partial charge in [-0.1, -0.05) is 53.6 Å². The zero-order valence-electron chi connectivity index (χ0n) is 16.7. The predicted molar refractivity (Wildman–Crippen MR) is 125 cm³/mol. The number of carbonyl (C=O) groups excluding carboxylic acids is 1. The van der Waals surface area contributed by atoms with Crippen molar-refractivity contribution in [3.05, 3.63) is 100 Å². The number of amides is 1. The zero-order chi connectivity index (χ0) is 21.2. The van der Waals surface area contributed by atoms with Gasteiger partial charge in [0.05, 0.1) is 12.0 Å². The van der Waals surface area contributed by atoms with Crippen molar-refractivity contribution in [1.29, 1.82) is 0 Å². The third-order valence-electron chi connectivity index (χ3n) is 4.20. The van der Waals surface area contributed by atoms with E-state index in [1.54, 1.807) is 6.21 Å². The van der Waals surface area contributed by atoms with Crippen LogP contribution >= 0.6 is 23.4 Å². The fraction of sp³-hybridized carbons (Fsp3) is 0.167. The number of aryl methyl sites for hydroxylation is 1. The van der Waals surface area contributed by atoms with Crippen molar-refractivity contribution in [1.82, 2.24) is 5.43 Å². The van der Waals surface area contributed by atoms with Gasteiger partial charge in [0.25, 0.3) is 0 Å². The summed E-state index contributed by atoms with van der Waals surface area (Å²) in [6.07, 6.45) is 1.61. The standard InChI is InChI=1S/C24H23ClN2O2S/c1-18-5-7-20(8-6-18)15-29-23-11-9-19(10-12-23)14-26-27-24(28)17-30-16-21-3-2-4-22(25)13-21/h2-14H,15-17H2,1H3,(H,27,28)/b26-14+. The smallest absolute Gasteiger partial charge is 0.250 e. The number of hydrogen-bond acceptors (Lipinski definition) is 4. The lowest BCUT2D eigenvalue weighted by Crippen LogP contribution is -2.19. The normalized spacial score (nSPS) is 10.9. The van der Waals surface area contributed by atoms with E-state index in [1.807, 2.05) is 48.5 Å². The number of nitrogens with one attached hydrogen (secondary N) is 1. The van der Waals surface area contributed by atoms with Gasteiger partial charge in [-0.25, -0.2) is 5.43 Å². The Bertz CT molecular complexity index is 989. The Labute approximate surface area is 186 Å². The first kappa shape index (κ1) is 21.9. The van der Waals surface area contributed by atoms with Crippen molar-refractivity contribution < 1.29 is 9.53 Å². The molecule has 1 amide bonds. The molecule has 3 aromatic carbocycles. The zero-order valence-corrected chi connectivity index (χ0v) is 18.2. The van der Waals surface area contributed by atoms with Gasteiger partial charge >= 0.3 is 0 Å². The minimum Gasteiger partial charge on any atom is -0.489 e. The van der Waals surface area contributed by atoms with E-state index in [4.69, 9.17) is 16.3 Å². The quantitative estimate of drug-likeness (QED) is 0.349. The molecule has 0 saturated heterocycles. The number of carbonyl (C=O) groups is 1. The summed E-state index contributed by atoms with van der Waals surface area (Å²) in [5.74, 6) is 1.70. The molecule has 0 bridgehead atoms. The average Bonchev–Trinajstić information content (AvgIpc) is 2.74. The molecule has 0 aliphatic carbocycles. The molecule has 0 spiro atoms. The number of hydrazone groups is 1. The maximum absolute atomic E-state index is 11.9. The molecule has 0 fully saturated rings. The van der Waals surface area contributed by atoms with Crippen molar-refractivity contribution >= 4 is 35.5 Å². The van der Waals surface area contributed by atoms with Crippen LogP contribution < -0.4 is 10.2 Å². The molecular weight excluding hydrogens is 416 g/mol. The molecule has 1 N–H and O–H groups in total. The second-order valence-corrected chi connectivity index (χ2v) is 8.18. The van der Waals surface area contributed by atoms with E-state index < -0.39 is 0 Å². The van der Waals surface area contributed by atoms with E-state index in [-0.39, 0.29) is 5.91 Å². The van der Waals surface area contributed by atoms with Crippen LogP contribution in [0.2, 0.25) is 5.02 Å². The molecule has 4 nitrogen and oxygen atoms in total. The number of ether oxygens (including phenoxy) is 1. The van der Waals surface area contributed by atoms with Gasteiger partial charge in [-0.05, 0) is 60.0 Å². The minimum absolute atomic E-state index is 0.142. The lowest BCUT2D eigenvalue weighted by molar-refractivity contribution is -0.118. The minimum atomic E-state index is -0.142. The number of benzene rings is 3. The van der Waals surface area contributed by atoms with Gasteiger partial charge in [-0.2, -0.15) is 5.10 Å². The molecule has 0 radical (unpaired) electrons. The second-order valence-electron chi connectivity index (χ2n) is 6.76. The Hall–Kier alpha value is -2.76. The Kier molecular flexibility index (Phi) is 8.36. The Balaban J connectivity index is 1.38. The van der Waals surface area contributed by atoms with E-state index in [9.17, 15) is 4.79 Å². The molecule has 30 heavy (non-hydrogen) atoms. The van der Waals surface area contributed by atoms with Gasteiger partial charge in [0.1, 0.15) is 12.4 Å². The van der Waals surface area contributed by atoms with Crippen LogP contribution in [0, 0.1) is 6.92 Å². The molecule has 3 aromatic rings. The summed E-state index contributed by atoms with van der Waals surface area (Å²) < 4.78 is 5.79. The molecule has 0 aliphatic heterocycles. The number of halogens is 1. The Morgan fingerprint density at radius 1 is 1.07 bits per heavy atom. The van der Waals surface area contributed by atoms with Gasteiger partial charge in [-0.15, -0.1) is 11.8 Å². The van der Waals surface area contributed by atoms with E-state index in [2.05, 4.69) is 41.7 Å². The Morgan fingerprint density at radius 2 is 1.83 bits per heavy atom. The van der Waals surface area contributed by atoms with Crippen LogP contribution in [0.4, 0.5) is 0 Å². The first-order chi connectivity index (χ1) is 14.6. The van der Waals surface area contributed by atoms with Crippen molar-refractivity contribution in [2.75, 3.05) is 5.75 Å². The predicted octanol–water partition coefficient (Wildman–Crippen LogP) is 5.61. The molecule has 154 valence electrons. The van der Waals surface area contributed by atoms with Crippen LogP contribution in [0.1, 0.15) is 22.3 Å². The van der Waals surface area contributed by atoms with Crippen LogP contribution in [0.5, 0.6) is 5.75 Å². The summed E-state index contributed by atoms with van der Waals surface area (Å²) >= 11 is 7.47. The molecular formula is C24H23ClN2O2S. The fourth-order valence-electron chi connectivity index (χ4n) is 2.60. The third-order valence-corrected chi connectivity index (χ3v) is 5.44. The third kappa shape index (κ3) is 7.58. The molecule has 0 aromatic heterocycles. The second kappa shape index (κ2) is 11.4. The van der Waals surface area contributed by atoms with Gasteiger partial charge < -0.3 is 4.74 Å². The van der Waals surface area contributed by atoms with Crippen molar-refractivity contribution in [2.45, 2.75) is 19.3 Å². The van der Waals surface area contributed by atoms with Crippen LogP contribution in [-0.2, 0) is 17.2 Å². The summed E-state index contributed by atoms with van der Waals surface area (Å²) in [4.78, 5) is 11.9. The molecule has 3 rings (SSSR count). The molecule has 0 saturated carbocycles. The topological polar surface area (TPSA) is 50.7 Å². The van der Waals surface area contributed by atoms with Crippen LogP contribution in [-0.4, -0.2) is 17.9 Å². The highest BCUT2D eigenvalue weighted by Gasteiger charge is 2.01. The summed E-state index contributed by atoms with van der Waals surface area (Å²) in [5.41, 5.74) is 6.88. The van der Waals surface area contributed by atoms with E-state index in [0.29, 0.717) is 17.4 Å². The molecule has 6 heteroatoms. The van der Waals surface area contributed by atoms with Gasteiger partial charge in [0, 0.05) is 10.8 Å². The molecule has 0 unspecified atom stereocenters. The van der Waals surface area contributed by atoms with Crippen LogP contribution in [0.3, 0.4) is 0 Å². The Morgan fingerprint density at radius 3 is 2.57 bits per heavy atom. The van der Waals surface area contributed by atoms with Gasteiger partial charge in [0.2, 0.25) is 5.91 Å². The van der Waals surface area contributed by atoms with E-state index >= 15 is 0 Å². The van der Waals surface area contributed by atoms with E-state index in [1.165, 1.54) is 17.3 Å². The van der Waals surface area contributed by atoms with Gasteiger partial charge in [-0.3, -0.25) is 4.79 Å². The van der Waals surface area contributed by atoms with Crippen LogP contribution in [0.25, 0.3) is 0 Å². The van der Waals surface area contributed by atoms with Crippen molar-refractivity contribution in [2.24, 2.45) is 5.10 Å². The van der Waals surface area contributed by atoms with Crippen molar-refractivity contribution in [3.63, 3.8) is 0 Å². The lowest BCUT2D eigenvalue weighted by atomic mass is 10.2. The molecule has 0 heterocycles. The lowest BCUT2D eigenvalue weighted by Gasteiger charge is -2.07. The average molecular weight is 439 g/mol. The molecule has 0 aliphatic rings. The maximum Gasteiger partial charge on any atom is 0.250 e. The summed E-state index contributed by atoms with van der Waals surface area (Å²) in [6, 6.07) is 23.5. The highest BCUT2D eigenvalue weighted by atomic mass is 35.5. The molecule has 0 atom stereocenters. The number of thioether (sulfide) groups is 1. The highest BCUT2D eigenvalue weighted by Crippen LogP contribution is 2.16. The summed E-state index contributed by atoms with van der Waals surface area (Å²) in [5, 5.41) is 4.72. The number of hydrogen-bond donors (Lipinski definition) is 1. The number of nitrogens with zero attached hydrogens (tertiary/aromatic N) is 1. The summed E-state index contributed by atoms with van der Waals surface area (Å²) in [7, 11) is 0. The largest absolute Gasteiger partial charge is 0.489 e. The van der Waals surface area contributed by atoms with Crippen LogP contribution in [0.15, 0.2) is 77.9 Å². The SMILES string of the molecule is Cc1ccc(COc2ccc(/C=N/NC(=O)CSCc3cccc(Cl)c3)cc2)cc1. The summed E-state index contributed by atoms with van der Waals surface area (Å²) in [6.45, 7) is 2.59.